The van der Waals surface area contributed by atoms with Crippen LogP contribution in [0.3, 0.4) is 0 Å². The van der Waals surface area contributed by atoms with Crippen LogP contribution in [0, 0.1) is 5.92 Å². The van der Waals surface area contributed by atoms with Crippen LogP contribution in [0.25, 0.3) is 0 Å². The summed E-state index contributed by atoms with van der Waals surface area (Å²) in [4.78, 5) is 0. The third-order valence-corrected chi connectivity index (χ3v) is 5.33. The quantitative estimate of drug-likeness (QED) is 0.579. The van der Waals surface area contributed by atoms with Crippen LogP contribution in [0.5, 0.6) is 5.75 Å². The summed E-state index contributed by atoms with van der Waals surface area (Å²) in [5.74, 6) is 0.341. The van der Waals surface area contributed by atoms with Crippen LogP contribution < -0.4 is 4.74 Å². The minimum absolute atomic E-state index is 0.0773. The van der Waals surface area contributed by atoms with Crippen molar-refractivity contribution in [1.29, 1.82) is 0 Å². The number of hydrogen-bond acceptors (Lipinski definition) is 5. The Balaban J connectivity index is 1.59. The summed E-state index contributed by atoms with van der Waals surface area (Å²) >= 11 is 0. The van der Waals surface area contributed by atoms with E-state index in [0.717, 1.165) is 16.9 Å². The SMILES string of the molecule is COc1ccc(COC[C@@H](C)[C@H]2OC(C)(C)O[C@H](C)[C@H]2OCc2ccccc2)cc1. The van der Waals surface area contributed by atoms with E-state index >= 15 is 0 Å². The zero-order chi connectivity index (χ0) is 21.6. The summed E-state index contributed by atoms with van der Waals surface area (Å²) in [7, 11) is 1.67. The molecule has 0 amide bonds. The van der Waals surface area contributed by atoms with E-state index < -0.39 is 5.79 Å². The summed E-state index contributed by atoms with van der Waals surface area (Å²) in [6.45, 7) is 9.75. The highest BCUT2D eigenvalue weighted by Crippen LogP contribution is 2.33. The second-order valence-electron chi connectivity index (χ2n) is 8.41. The Hall–Kier alpha value is -1.92. The largest absolute Gasteiger partial charge is 0.497 e. The van der Waals surface area contributed by atoms with Gasteiger partial charge in [-0.1, -0.05) is 49.4 Å². The smallest absolute Gasteiger partial charge is 0.163 e. The standard InChI is InChI=1S/C25H34O5/c1-18(15-27-16-21-11-13-22(26-5)14-12-21)23-24(19(2)29-25(3,4)30-23)28-17-20-9-7-6-8-10-20/h6-14,18-19,23-24H,15-17H2,1-5H3/t18-,19-,23-,24-/m1/s1. The van der Waals surface area contributed by atoms with Crippen LogP contribution in [0.2, 0.25) is 0 Å². The van der Waals surface area contributed by atoms with Gasteiger partial charge in [-0.2, -0.15) is 0 Å². The minimum atomic E-state index is -0.652. The molecule has 1 aliphatic heterocycles. The van der Waals surface area contributed by atoms with E-state index in [1.807, 2.05) is 56.3 Å². The molecular formula is C25H34O5. The fourth-order valence-corrected chi connectivity index (χ4v) is 3.82. The normalized spacial score (nSPS) is 24.4. The molecule has 1 aliphatic rings. The fraction of sp³-hybridized carbons (Fsp3) is 0.520. The third-order valence-electron chi connectivity index (χ3n) is 5.33. The van der Waals surface area contributed by atoms with Crippen LogP contribution in [0.15, 0.2) is 54.6 Å². The first-order chi connectivity index (χ1) is 14.4. The summed E-state index contributed by atoms with van der Waals surface area (Å²) in [6, 6.07) is 18.1. The van der Waals surface area contributed by atoms with E-state index in [1.54, 1.807) is 7.11 Å². The van der Waals surface area contributed by atoms with Gasteiger partial charge in [-0.05, 0) is 44.0 Å². The Labute approximate surface area is 180 Å². The molecule has 1 fully saturated rings. The van der Waals surface area contributed by atoms with Gasteiger partial charge in [-0.15, -0.1) is 0 Å². The summed E-state index contributed by atoms with van der Waals surface area (Å²) in [6.07, 6.45) is -0.368. The van der Waals surface area contributed by atoms with Crippen molar-refractivity contribution in [2.75, 3.05) is 13.7 Å². The number of benzene rings is 2. The van der Waals surface area contributed by atoms with E-state index in [2.05, 4.69) is 26.0 Å². The van der Waals surface area contributed by atoms with Gasteiger partial charge in [0.25, 0.3) is 0 Å². The Morgan fingerprint density at radius 2 is 1.60 bits per heavy atom. The monoisotopic (exact) mass is 414 g/mol. The number of methoxy groups -OCH3 is 1. The number of rotatable bonds is 9. The van der Waals surface area contributed by atoms with Gasteiger partial charge < -0.3 is 23.7 Å². The van der Waals surface area contributed by atoms with E-state index in [4.69, 9.17) is 23.7 Å². The van der Waals surface area contributed by atoms with Crippen molar-refractivity contribution < 1.29 is 23.7 Å². The van der Waals surface area contributed by atoms with Gasteiger partial charge in [-0.3, -0.25) is 0 Å². The minimum Gasteiger partial charge on any atom is -0.497 e. The highest BCUT2D eigenvalue weighted by Gasteiger charge is 2.44. The van der Waals surface area contributed by atoms with Crippen molar-refractivity contribution in [3.05, 3.63) is 65.7 Å². The molecule has 164 valence electrons. The van der Waals surface area contributed by atoms with Gasteiger partial charge in [0.15, 0.2) is 5.79 Å². The second kappa shape index (κ2) is 10.4. The van der Waals surface area contributed by atoms with Crippen molar-refractivity contribution >= 4 is 0 Å². The summed E-state index contributed by atoms with van der Waals surface area (Å²) in [5.41, 5.74) is 2.25. The molecule has 0 aromatic heterocycles. The lowest BCUT2D eigenvalue weighted by Gasteiger charge is -2.46. The highest BCUT2D eigenvalue weighted by molar-refractivity contribution is 5.26. The van der Waals surface area contributed by atoms with Crippen LogP contribution in [-0.2, 0) is 32.2 Å². The molecule has 0 bridgehead atoms. The van der Waals surface area contributed by atoms with Crippen molar-refractivity contribution in [3.8, 4) is 5.75 Å². The first-order valence-electron chi connectivity index (χ1n) is 10.6. The molecule has 4 atom stereocenters. The molecule has 0 spiro atoms. The predicted molar refractivity (Wildman–Crippen MR) is 116 cm³/mol. The zero-order valence-corrected chi connectivity index (χ0v) is 18.7. The Morgan fingerprint density at radius 3 is 2.27 bits per heavy atom. The molecule has 0 unspecified atom stereocenters. The Bertz CT molecular complexity index is 759. The maximum atomic E-state index is 6.30. The lowest BCUT2D eigenvalue weighted by Crippen LogP contribution is -2.56. The number of hydrogen-bond donors (Lipinski definition) is 0. The van der Waals surface area contributed by atoms with E-state index in [0.29, 0.717) is 19.8 Å². The molecular weight excluding hydrogens is 380 g/mol. The maximum Gasteiger partial charge on any atom is 0.163 e. The van der Waals surface area contributed by atoms with Crippen molar-refractivity contribution in [2.24, 2.45) is 5.92 Å². The van der Waals surface area contributed by atoms with E-state index in [1.165, 1.54) is 0 Å². The van der Waals surface area contributed by atoms with E-state index in [9.17, 15) is 0 Å². The lowest BCUT2D eigenvalue weighted by atomic mass is 9.95. The fourth-order valence-electron chi connectivity index (χ4n) is 3.82. The molecule has 0 saturated carbocycles. The molecule has 1 heterocycles. The Morgan fingerprint density at radius 1 is 0.933 bits per heavy atom. The van der Waals surface area contributed by atoms with Crippen LogP contribution >= 0.6 is 0 Å². The molecule has 2 aromatic carbocycles. The number of ether oxygens (including phenoxy) is 5. The molecule has 5 nitrogen and oxygen atoms in total. The molecule has 3 rings (SSSR count). The molecule has 5 heteroatoms. The molecule has 1 saturated heterocycles. The third kappa shape index (κ3) is 6.29. The first kappa shape index (κ1) is 22.8. The topological polar surface area (TPSA) is 46.2 Å². The summed E-state index contributed by atoms with van der Waals surface area (Å²) < 4.78 is 29.8. The zero-order valence-electron chi connectivity index (χ0n) is 18.7. The van der Waals surface area contributed by atoms with Gasteiger partial charge in [-0.25, -0.2) is 0 Å². The maximum absolute atomic E-state index is 6.30. The van der Waals surface area contributed by atoms with Crippen LogP contribution in [-0.4, -0.2) is 37.8 Å². The van der Waals surface area contributed by atoms with Crippen LogP contribution in [0.1, 0.15) is 38.8 Å². The molecule has 30 heavy (non-hydrogen) atoms. The first-order valence-corrected chi connectivity index (χ1v) is 10.6. The van der Waals surface area contributed by atoms with Gasteiger partial charge in [0.1, 0.15) is 11.9 Å². The van der Waals surface area contributed by atoms with E-state index in [-0.39, 0.29) is 24.2 Å². The highest BCUT2D eigenvalue weighted by atomic mass is 16.7. The lowest BCUT2D eigenvalue weighted by molar-refractivity contribution is -0.345. The van der Waals surface area contributed by atoms with Crippen molar-refractivity contribution in [1.82, 2.24) is 0 Å². The summed E-state index contributed by atoms with van der Waals surface area (Å²) in [5, 5.41) is 0. The predicted octanol–water partition coefficient (Wildman–Crippen LogP) is 4.97. The average Bonchev–Trinajstić information content (AvgIpc) is 2.73. The molecule has 0 radical (unpaired) electrons. The average molecular weight is 415 g/mol. The molecule has 0 aliphatic carbocycles. The van der Waals surface area contributed by atoms with Crippen molar-refractivity contribution in [2.45, 2.75) is 65.0 Å². The molecule has 2 aromatic rings. The second-order valence-corrected chi connectivity index (χ2v) is 8.41. The van der Waals surface area contributed by atoms with Gasteiger partial charge >= 0.3 is 0 Å². The Kier molecular flexibility index (Phi) is 7.89. The molecule has 0 N–H and O–H groups in total. The van der Waals surface area contributed by atoms with Crippen molar-refractivity contribution in [3.63, 3.8) is 0 Å². The van der Waals surface area contributed by atoms with Gasteiger partial charge in [0, 0.05) is 5.92 Å². The van der Waals surface area contributed by atoms with Gasteiger partial charge in [0.05, 0.1) is 39.1 Å². The van der Waals surface area contributed by atoms with Gasteiger partial charge in [0.2, 0.25) is 0 Å². The van der Waals surface area contributed by atoms with Crippen LogP contribution in [0.4, 0.5) is 0 Å².